The molecule has 0 bridgehead atoms. The predicted molar refractivity (Wildman–Crippen MR) is 78.2 cm³/mol. The Morgan fingerprint density at radius 1 is 1.29 bits per heavy atom. The summed E-state index contributed by atoms with van der Waals surface area (Å²) in [5, 5.41) is 11.8. The zero-order chi connectivity index (χ0) is 16.0. The second kappa shape index (κ2) is 7.64. The van der Waals surface area contributed by atoms with Gasteiger partial charge in [0.25, 0.3) is 5.91 Å². The van der Waals surface area contributed by atoms with Crippen LogP contribution in [0.5, 0.6) is 0 Å². The molecular weight excluding hydrogens is 296 g/mol. The summed E-state index contributed by atoms with van der Waals surface area (Å²) in [6.07, 6.45) is 0. The molecule has 0 aliphatic heterocycles. The molecule has 0 aliphatic rings. The summed E-state index contributed by atoms with van der Waals surface area (Å²) in [6, 6.07) is 6.27. The SMILES string of the molecule is CC(CN(C)C(=O)CNC(=O)c1ccc(Cl)cc1)C(=O)O. The van der Waals surface area contributed by atoms with Crippen LogP contribution >= 0.6 is 11.6 Å². The number of benzene rings is 1. The van der Waals surface area contributed by atoms with Gasteiger partial charge >= 0.3 is 5.97 Å². The summed E-state index contributed by atoms with van der Waals surface area (Å²) in [4.78, 5) is 35.6. The van der Waals surface area contributed by atoms with E-state index in [4.69, 9.17) is 16.7 Å². The van der Waals surface area contributed by atoms with Crippen LogP contribution in [0.3, 0.4) is 0 Å². The van der Waals surface area contributed by atoms with E-state index in [1.165, 1.54) is 18.9 Å². The van der Waals surface area contributed by atoms with Crippen LogP contribution in [-0.2, 0) is 9.59 Å². The first-order valence-electron chi connectivity index (χ1n) is 6.31. The van der Waals surface area contributed by atoms with Crippen molar-refractivity contribution in [2.75, 3.05) is 20.1 Å². The van der Waals surface area contributed by atoms with Crippen LogP contribution in [0.25, 0.3) is 0 Å². The smallest absolute Gasteiger partial charge is 0.308 e. The Hall–Kier alpha value is -2.08. The van der Waals surface area contributed by atoms with Gasteiger partial charge in [-0.05, 0) is 24.3 Å². The van der Waals surface area contributed by atoms with Gasteiger partial charge in [0.15, 0.2) is 0 Å². The molecule has 1 aromatic rings. The fourth-order valence-electron chi connectivity index (χ4n) is 1.58. The lowest BCUT2D eigenvalue weighted by Crippen LogP contribution is -2.40. The molecule has 0 heterocycles. The van der Waals surface area contributed by atoms with Crippen molar-refractivity contribution < 1.29 is 19.5 Å². The molecule has 6 nitrogen and oxygen atoms in total. The number of carbonyl (C=O) groups is 3. The first-order valence-corrected chi connectivity index (χ1v) is 6.69. The number of nitrogens with one attached hydrogen (secondary N) is 1. The van der Waals surface area contributed by atoms with Crippen LogP contribution in [0.15, 0.2) is 24.3 Å². The number of halogens is 1. The van der Waals surface area contributed by atoms with Crippen molar-refractivity contribution in [3.63, 3.8) is 0 Å². The highest BCUT2D eigenvalue weighted by atomic mass is 35.5. The van der Waals surface area contributed by atoms with E-state index < -0.39 is 11.9 Å². The fraction of sp³-hybridized carbons (Fsp3) is 0.357. The third-order valence-electron chi connectivity index (χ3n) is 2.90. The van der Waals surface area contributed by atoms with Gasteiger partial charge in [-0.15, -0.1) is 0 Å². The molecule has 0 saturated heterocycles. The number of hydrogen-bond acceptors (Lipinski definition) is 3. The van der Waals surface area contributed by atoms with Gasteiger partial charge in [0.05, 0.1) is 12.5 Å². The molecule has 2 N–H and O–H groups in total. The molecule has 21 heavy (non-hydrogen) atoms. The maximum absolute atomic E-state index is 11.8. The molecule has 0 saturated carbocycles. The summed E-state index contributed by atoms with van der Waals surface area (Å²) in [5.74, 6) is -2.38. The Labute approximate surface area is 127 Å². The number of hydrogen-bond donors (Lipinski definition) is 2. The van der Waals surface area contributed by atoms with Crippen molar-refractivity contribution in [3.8, 4) is 0 Å². The maximum atomic E-state index is 11.8. The number of nitrogens with zero attached hydrogens (tertiary/aromatic N) is 1. The number of likely N-dealkylation sites (N-methyl/N-ethyl adjacent to an activating group) is 1. The molecule has 114 valence electrons. The molecule has 0 spiro atoms. The number of rotatable bonds is 6. The molecule has 1 atom stereocenters. The third kappa shape index (κ3) is 5.43. The minimum atomic E-state index is -0.972. The van der Waals surface area contributed by atoms with Gasteiger partial charge in [-0.1, -0.05) is 18.5 Å². The Morgan fingerprint density at radius 2 is 1.86 bits per heavy atom. The van der Waals surface area contributed by atoms with E-state index in [0.29, 0.717) is 10.6 Å². The zero-order valence-electron chi connectivity index (χ0n) is 11.8. The molecule has 1 unspecified atom stereocenters. The molecule has 7 heteroatoms. The molecule has 0 aromatic heterocycles. The summed E-state index contributed by atoms with van der Waals surface area (Å²) in [6.45, 7) is 1.41. The van der Waals surface area contributed by atoms with E-state index in [9.17, 15) is 14.4 Å². The normalized spacial score (nSPS) is 11.6. The quantitative estimate of drug-likeness (QED) is 0.827. The van der Waals surface area contributed by atoms with Crippen LogP contribution in [0, 0.1) is 5.92 Å². The molecule has 2 amide bonds. The maximum Gasteiger partial charge on any atom is 0.308 e. The number of carboxylic acids is 1. The highest BCUT2D eigenvalue weighted by Gasteiger charge is 2.17. The highest BCUT2D eigenvalue weighted by molar-refractivity contribution is 6.30. The van der Waals surface area contributed by atoms with Crippen LogP contribution < -0.4 is 5.32 Å². The molecule has 0 fully saturated rings. The lowest BCUT2D eigenvalue weighted by molar-refractivity contribution is -0.142. The van der Waals surface area contributed by atoms with Gasteiger partial charge in [0.1, 0.15) is 0 Å². The van der Waals surface area contributed by atoms with Crippen molar-refractivity contribution >= 4 is 29.4 Å². The second-order valence-electron chi connectivity index (χ2n) is 4.70. The summed E-state index contributed by atoms with van der Waals surface area (Å²) < 4.78 is 0. The Bertz CT molecular complexity index is 530. The number of carbonyl (C=O) groups excluding carboxylic acids is 2. The second-order valence-corrected chi connectivity index (χ2v) is 5.14. The summed E-state index contributed by atoms with van der Waals surface area (Å²) in [7, 11) is 1.50. The van der Waals surface area contributed by atoms with E-state index in [1.54, 1.807) is 24.3 Å². The van der Waals surface area contributed by atoms with Crippen molar-refractivity contribution in [3.05, 3.63) is 34.9 Å². The lowest BCUT2D eigenvalue weighted by atomic mass is 10.2. The van der Waals surface area contributed by atoms with E-state index in [2.05, 4.69) is 5.32 Å². The van der Waals surface area contributed by atoms with Crippen LogP contribution in [-0.4, -0.2) is 47.9 Å². The number of aliphatic carboxylic acids is 1. The Balaban J connectivity index is 2.47. The van der Waals surface area contributed by atoms with Crippen LogP contribution in [0.2, 0.25) is 5.02 Å². The van der Waals surface area contributed by atoms with Crippen molar-refractivity contribution in [1.29, 1.82) is 0 Å². The van der Waals surface area contributed by atoms with Crippen molar-refractivity contribution in [1.82, 2.24) is 10.2 Å². The van der Waals surface area contributed by atoms with Gasteiger partial charge in [0, 0.05) is 24.2 Å². The van der Waals surface area contributed by atoms with Gasteiger partial charge < -0.3 is 15.3 Å². The van der Waals surface area contributed by atoms with E-state index in [0.717, 1.165) is 0 Å². The van der Waals surface area contributed by atoms with Gasteiger partial charge in [-0.3, -0.25) is 14.4 Å². The van der Waals surface area contributed by atoms with Crippen molar-refractivity contribution in [2.45, 2.75) is 6.92 Å². The molecule has 0 aliphatic carbocycles. The molecular formula is C14H17ClN2O4. The molecule has 0 radical (unpaired) electrons. The van der Waals surface area contributed by atoms with E-state index in [-0.39, 0.29) is 24.9 Å². The first kappa shape index (κ1) is 17.0. The zero-order valence-corrected chi connectivity index (χ0v) is 12.6. The summed E-state index contributed by atoms with van der Waals surface area (Å²) >= 11 is 5.72. The van der Waals surface area contributed by atoms with Crippen molar-refractivity contribution in [2.24, 2.45) is 5.92 Å². The first-order chi connectivity index (χ1) is 9.81. The largest absolute Gasteiger partial charge is 0.481 e. The van der Waals surface area contributed by atoms with Gasteiger partial charge in [-0.2, -0.15) is 0 Å². The third-order valence-corrected chi connectivity index (χ3v) is 3.15. The number of amides is 2. The minimum absolute atomic E-state index is 0.0883. The Morgan fingerprint density at radius 3 is 2.38 bits per heavy atom. The van der Waals surface area contributed by atoms with Gasteiger partial charge in [-0.25, -0.2) is 0 Å². The lowest BCUT2D eigenvalue weighted by Gasteiger charge is -2.19. The van der Waals surface area contributed by atoms with E-state index >= 15 is 0 Å². The monoisotopic (exact) mass is 312 g/mol. The predicted octanol–water partition coefficient (Wildman–Crippen LogP) is 1.25. The summed E-state index contributed by atoms with van der Waals surface area (Å²) in [5.41, 5.74) is 0.397. The number of carboxylic acid groups (broad SMARTS) is 1. The average Bonchev–Trinajstić information content (AvgIpc) is 2.44. The highest BCUT2D eigenvalue weighted by Crippen LogP contribution is 2.09. The molecule has 1 aromatic carbocycles. The minimum Gasteiger partial charge on any atom is -0.481 e. The topological polar surface area (TPSA) is 86.7 Å². The Kier molecular flexibility index (Phi) is 6.17. The van der Waals surface area contributed by atoms with Crippen LogP contribution in [0.1, 0.15) is 17.3 Å². The van der Waals surface area contributed by atoms with Crippen LogP contribution in [0.4, 0.5) is 0 Å². The van der Waals surface area contributed by atoms with Gasteiger partial charge in [0.2, 0.25) is 5.91 Å². The average molecular weight is 313 g/mol. The fourth-order valence-corrected chi connectivity index (χ4v) is 1.71. The molecule has 1 rings (SSSR count). The standard InChI is InChI=1S/C14H17ClN2O4/c1-9(14(20)21)8-17(2)12(18)7-16-13(19)10-3-5-11(15)6-4-10/h3-6,9H,7-8H2,1-2H3,(H,16,19)(H,20,21). The van der Waals surface area contributed by atoms with E-state index in [1.807, 2.05) is 0 Å².